The van der Waals surface area contributed by atoms with Gasteiger partial charge in [-0.3, -0.25) is 9.48 Å². The molecule has 0 saturated carbocycles. The van der Waals surface area contributed by atoms with E-state index in [0.717, 1.165) is 33.4 Å². The second kappa shape index (κ2) is 8.17. The molecule has 2 heterocycles. The van der Waals surface area contributed by atoms with Crippen LogP contribution in [-0.2, 0) is 19.8 Å². The molecular weight excluding hydrogens is 362 g/mol. The minimum Gasteiger partial charge on any atom is -0.312 e. The van der Waals surface area contributed by atoms with Crippen LogP contribution in [0.15, 0.2) is 40.9 Å². The van der Waals surface area contributed by atoms with Crippen LogP contribution in [-0.4, -0.2) is 36.7 Å². The van der Waals surface area contributed by atoms with E-state index in [9.17, 15) is 4.79 Å². The monoisotopic (exact) mass is 383 g/mol. The van der Waals surface area contributed by atoms with Gasteiger partial charge in [-0.05, 0) is 31.5 Å². The van der Waals surface area contributed by atoms with Gasteiger partial charge in [0.2, 0.25) is 0 Å². The maximum Gasteiger partial charge on any atom is 0.271 e. The first-order valence-corrected chi connectivity index (χ1v) is 9.33. The van der Waals surface area contributed by atoms with Crippen molar-refractivity contribution in [2.45, 2.75) is 24.8 Å². The Labute approximate surface area is 161 Å². The molecule has 0 atom stereocenters. The molecule has 140 valence electrons. The van der Waals surface area contributed by atoms with E-state index in [1.54, 1.807) is 41.1 Å². The first kappa shape index (κ1) is 18.8. The highest BCUT2D eigenvalue weighted by Gasteiger charge is 2.08. The maximum absolute atomic E-state index is 12.2. The molecule has 0 spiro atoms. The van der Waals surface area contributed by atoms with Gasteiger partial charge in [-0.15, -0.1) is 10.2 Å². The number of rotatable bonds is 6. The minimum atomic E-state index is -0.252. The molecule has 0 saturated heterocycles. The molecule has 1 aromatic carbocycles. The molecule has 0 aliphatic carbocycles. The molecule has 3 aromatic rings. The maximum atomic E-state index is 12.2. The quantitative estimate of drug-likeness (QED) is 0.400. The van der Waals surface area contributed by atoms with Gasteiger partial charge >= 0.3 is 0 Å². The van der Waals surface area contributed by atoms with Crippen LogP contribution in [0.5, 0.6) is 0 Å². The third-order valence-corrected chi connectivity index (χ3v) is 5.28. The summed E-state index contributed by atoms with van der Waals surface area (Å²) in [5.74, 6) is 0.504. The number of benzene rings is 1. The van der Waals surface area contributed by atoms with E-state index in [1.807, 2.05) is 44.6 Å². The molecule has 8 nitrogen and oxygen atoms in total. The zero-order valence-corrected chi connectivity index (χ0v) is 16.5. The van der Waals surface area contributed by atoms with Gasteiger partial charge in [0.1, 0.15) is 6.33 Å². The summed E-state index contributed by atoms with van der Waals surface area (Å²) >= 11 is 1.59. The molecule has 1 N–H and O–H groups in total. The van der Waals surface area contributed by atoms with Crippen LogP contribution in [0.25, 0.3) is 0 Å². The van der Waals surface area contributed by atoms with Gasteiger partial charge in [-0.2, -0.15) is 10.2 Å². The molecule has 0 aliphatic heterocycles. The lowest BCUT2D eigenvalue weighted by atomic mass is 10.1. The predicted molar refractivity (Wildman–Crippen MR) is 105 cm³/mol. The molecule has 0 radical (unpaired) electrons. The number of aryl methyl sites for hydroxylation is 3. The third-order valence-electron chi connectivity index (χ3n) is 4.18. The Hall–Kier alpha value is -2.94. The van der Waals surface area contributed by atoms with Crippen molar-refractivity contribution >= 4 is 23.9 Å². The molecule has 27 heavy (non-hydrogen) atoms. The standard InChI is InChI=1S/C18H21N7OS/c1-12-16(13(2)25(4)23-12)9-19-21-17(26)15-7-5-14(6-8-15)10-27-18-22-20-11-24(18)3/h5-9,11H,10H2,1-4H3,(H,21,26)/b19-9-. The van der Waals surface area contributed by atoms with Crippen LogP contribution in [0, 0.1) is 13.8 Å². The Balaban J connectivity index is 1.57. The zero-order chi connectivity index (χ0) is 19.4. The van der Waals surface area contributed by atoms with Crippen LogP contribution in [0.4, 0.5) is 0 Å². The lowest BCUT2D eigenvalue weighted by Gasteiger charge is -2.03. The second-order valence-electron chi connectivity index (χ2n) is 6.12. The van der Waals surface area contributed by atoms with Gasteiger partial charge < -0.3 is 4.57 Å². The molecule has 0 unspecified atom stereocenters. The summed E-state index contributed by atoms with van der Waals surface area (Å²) in [6.45, 7) is 3.87. The molecule has 1 amide bonds. The Morgan fingerprint density at radius 3 is 2.59 bits per heavy atom. The largest absolute Gasteiger partial charge is 0.312 e. The summed E-state index contributed by atoms with van der Waals surface area (Å²) in [6.07, 6.45) is 3.30. The Bertz CT molecular complexity index is 972. The van der Waals surface area contributed by atoms with Crippen molar-refractivity contribution < 1.29 is 4.79 Å². The van der Waals surface area contributed by atoms with Crippen molar-refractivity contribution in [3.05, 3.63) is 58.7 Å². The molecule has 0 fully saturated rings. The number of carbonyl (C=O) groups excluding carboxylic acids is 1. The summed E-state index contributed by atoms with van der Waals surface area (Å²) in [7, 11) is 3.78. The lowest BCUT2D eigenvalue weighted by Crippen LogP contribution is -2.17. The molecule has 3 rings (SSSR count). The van der Waals surface area contributed by atoms with Gasteiger partial charge in [0, 0.05) is 36.7 Å². The van der Waals surface area contributed by atoms with Crippen molar-refractivity contribution in [3.63, 3.8) is 0 Å². The van der Waals surface area contributed by atoms with E-state index in [4.69, 9.17) is 0 Å². The number of aromatic nitrogens is 5. The first-order chi connectivity index (χ1) is 13.0. The van der Waals surface area contributed by atoms with Crippen molar-refractivity contribution in [2.24, 2.45) is 19.2 Å². The van der Waals surface area contributed by atoms with Crippen LogP contribution < -0.4 is 5.43 Å². The number of thioether (sulfide) groups is 1. The molecule has 9 heteroatoms. The lowest BCUT2D eigenvalue weighted by molar-refractivity contribution is 0.0955. The van der Waals surface area contributed by atoms with Crippen molar-refractivity contribution in [3.8, 4) is 0 Å². The molecule has 2 aromatic heterocycles. The predicted octanol–water partition coefficient (Wildman–Crippen LogP) is 2.22. The highest BCUT2D eigenvalue weighted by atomic mass is 32.2. The van der Waals surface area contributed by atoms with Gasteiger partial charge in [0.05, 0.1) is 11.9 Å². The SMILES string of the molecule is Cc1nn(C)c(C)c1/C=N\NC(=O)c1ccc(CSc2nncn2C)cc1. The van der Waals surface area contributed by atoms with E-state index < -0.39 is 0 Å². The fourth-order valence-electron chi connectivity index (χ4n) is 2.50. The zero-order valence-electron chi connectivity index (χ0n) is 15.7. The fraction of sp³-hybridized carbons (Fsp3) is 0.278. The van der Waals surface area contributed by atoms with Crippen LogP contribution in [0.1, 0.15) is 32.9 Å². The van der Waals surface area contributed by atoms with Gasteiger partial charge in [0.15, 0.2) is 5.16 Å². The fourth-order valence-corrected chi connectivity index (χ4v) is 3.34. The summed E-state index contributed by atoms with van der Waals surface area (Å²) in [4.78, 5) is 12.2. The topological polar surface area (TPSA) is 90.0 Å². The van der Waals surface area contributed by atoms with E-state index in [-0.39, 0.29) is 5.91 Å². The smallest absolute Gasteiger partial charge is 0.271 e. The second-order valence-corrected chi connectivity index (χ2v) is 7.06. The number of nitrogens with one attached hydrogen (secondary N) is 1. The van der Waals surface area contributed by atoms with Gasteiger partial charge in [0.25, 0.3) is 5.91 Å². The van der Waals surface area contributed by atoms with Crippen molar-refractivity contribution in [1.82, 2.24) is 30.0 Å². The third kappa shape index (κ3) is 4.43. The van der Waals surface area contributed by atoms with E-state index in [2.05, 4.69) is 25.8 Å². The van der Waals surface area contributed by atoms with E-state index in [0.29, 0.717) is 5.56 Å². The highest BCUT2D eigenvalue weighted by Crippen LogP contribution is 2.20. The van der Waals surface area contributed by atoms with Crippen molar-refractivity contribution in [1.29, 1.82) is 0 Å². The number of hydrogen-bond acceptors (Lipinski definition) is 6. The number of carbonyl (C=O) groups is 1. The average molecular weight is 383 g/mol. The van der Waals surface area contributed by atoms with Crippen LogP contribution in [0.2, 0.25) is 0 Å². The summed E-state index contributed by atoms with van der Waals surface area (Å²) < 4.78 is 3.66. The van der Waals surface area contributed by atoms with Gasteiger partial charge in [-0.25, -0.2) is 5.43 Å². The number of hydrazone groups is 1. The summed E-state index contributed by atoms with van der Waals surface area (Å²) in [5, 5.41) is 17.1. The Kier molecular flexibility index (Phi) is 5.70. The van der Waals surface area contributed by atoms with Crippen LogP contribution >= 0.6 is 11.8 Å². The Morgan fingerprint density at radius 2 is 2.00 bits per heavy atom. The minimum absolute atomic E-state index is 0.252. The number of nitrogens with zero attached hydrogens (tertiary/aromatic N) is 6. The van der Waals surface area contributed by atoms with Crippen LogP contribution in [0.3, 0.4) is 0 Å². The van der Waals surface area contributed by atoms with E-state index >= 15 is 0 Å². The first-order valence-electron chi connectivity index (χ1n) is 8.35. The van der Waals surface area contributed by atoms with E-state index in [1.165, 1.54) is 0 Å². The number of hydrogen-bond donors (Lipinski definition) is 1. The van der Waals surface area contributed by atoms with Gasteiger partial charge in [-0.1, -0.05) is 23.9 Å². The Morgan fingerprint density at radius 1 is 1.26 bits per heavy atom. The highest BCUT2D eigenvalue weighted by molar-refractivity contribution is 7.98. The molecular formula is C18H21N7OS. The summed E-state index contributed by atoms with van der Waals surface area (Å²) in [6, 6.07) is 7.44. The average Bonchev–Trinajstić information content (AvgIpc) is 3.17. The molecule has 0 bridgehead atoms. The molecule has 0 aliphatic rings. The normalized spacial score (nSPS) is 11.3. The van der Waals surface area contributed by atoms with Crippen molar-refractivity contribution in [2.75, 3.05) is 0 Å². The number of amides is 1. The summed E-state index contributed by atoms with van der Waals surface area (Å²) in [5.41, 5.74) is 7.00.